The summed E-state index contributed by atoms with van der Waals surface area (Å²) in [5.41, 5.74) is 0.862. The number of rotatable bonds is 6. The highest BCUT2D eigenvalue weighted by molar-refractivity contribution is 7.12. The lowest BCUT2D eigenvalue weighted by atomic mass is 10.2. The van der Waals surface area contributed by atoms with Crippen molar-refractivity contribution in [1.29, 1.82) is 0 Å². The molecule has 0 spiro atoms. The van der Waals surface area contributed by atoms with Gasteiger partial charge >= 0.3 is 5.97 Å². The Kier molecular flexibility index (Phi) is 5.86. The lowest BCUT2D eigenvalue weighted by Gasteiger charge is -2.05. The number of aliphatic carboxylic acids is 1. The highest BCUT2D eigenvalue weighted by Crippen LogP contribution is 2.16. The molecule has 3 N–H and O–H groups in total. The number of nitrogens with one attached hydrogen (secondary N) is 2. The Bertz CT molecular complexity index is 778. The van der Waals surface area contributed by atoms with Crippen molar-refractivity contribution in [2.45, 2.75) is 6.92 Å². The number of benzene rings is 1. The van der Waals surface area contributed by atoms with E-state index in [0.717, 1.165) is 4.88 Å². The Balaban J connectivity index is 1.91. The Morgan fingerprint density at radius 1 is 1.12 bits per heavy atom. The van der Waals surface area contributed by atoms with Crippen molar-refractivity contribution in [2.24, 2.45) is 0 Å². The molecule has 1 aromatic carbocycles. The van der Waals surface area contributed by atoms with Crippen LogP contribution in [-0.4, -0.2) is 29.4 Å². The Labute approximate surface area is 142 Å². The van der Waals surface area contributed by atoms with Gasteiger partial charge in [-0.05, 0) is 49.4 Å². The van der Waals surface area contributed by atoms with Crippen LogP contribution in [0.2, 0.25) is 0 Å². The van der Waals surface area contributed by atoms with E-state index in [4.69, 9.17) is 5.11 Å². The second-order valence-corrected chi connectivity index (χ2v) is 6.24. The third-order valence-corrected chi connectivity index (χ3v) is 3.94. The standard InChI is InChI=1S/C17H16N2O4S/c1-11-2-7-14(24-11)8-9-15(20)19-13-5-3-12(4-6-13)17(23)18-10-16(21)22/h2-9H,10H2,1H3,(H,18,23)(H,19,20)(H,21,22)/b9-8+. The monoisotopic (exact) mass is 344 g/mol. The fourth-order valence-electron chi connectivity index (χ4n) is 1.85. The Hall–Kier alpha value is -2.93. The molecule has 124 valence electrons. The van der Waals surface area contributed by atoms with Crippen molar-refractivity contribution >= 4 is 40.9 Å². The van der Waals surface area contributed by atoms with E-state index in [2.05, 4.69) is 10.6 Å². The normalized spacial score (nSPS) is 10.5. The third-order valence-electron chi connectivity index (χ3n) is 2.97. The highest BCUT2D eigenvalue weighted by atomic mass is 32.1. The molecule has 1 heterocycles. The lowest BCUT2D eigenvalue weighted by Crippen LogP contribution is -2.29. The number of carboxylic acid groups (broad SMARTS) is 1. The summed E-state index contributed by atoms with van der Waals surface area (Å²) in [5.74, 6) is -1.87. The van der Waals surface area contributed by atoms with Crippen molar-refractivity contribution < 1.29 is 19.5 Å². The van der Waals surface area contributed by atoms with Crippen LogP contribution in [0.1, 0.15) is 20.1 Å². The first-order valence-electron chi connectivity index (χ1n) is 7.09. The summed E-state index contributed by atoms with van der Waals surface area (Å²) in [7, 11) is 0. The fraction of sp³-hybridized carbons (Fsp3) is 0.118. The van der Waals surface area contributed by atoms with Crippen LogP contribution >= 0.6 is 11.3 Å². The molecular formula is C17H16N2O4S. The summed E-state index contributed by atoms with van der Waals surface area (Å²) in [6.45, 7) is 1.56. The van der Waals surface area contributed by atoms with E-state index in [0.29, 0.717) is 11.3 Å². The molecule has 0 atom stereocenters. The summed E-state index contributed by atoms with van der Waals surface area (Å²) < 4.78 is 0. The predicted molar refractivity (Wildman–Crippen MR) is 93.1 cm³/mol. The van der Waals surface area contributed by atoms with E-state index >= 15 is 0 Å². The molecule has 2 rings (SSSR count). The second-order valence-electron chi connectivity index (χ2n) is 4.92. The average molecular weight is 344 g/mol. The van der Waals surface area contributed by atoms with E-state index < -0.39 is 18.4 Å². The molecule has 0 aliphatic carbocycles. The van der Waals surface area contributed by atoms with E-state index in [-0.39, 0.29) is 5.91 Å². The number of hydrogen-bond acceptors (Lipinski definition) is 4. The zero-order chi connectivity index (χ0) is 17.5. The quantitative estimate of drug-likeness (QED) is 0.702. The maximum atomic E-state index is 11.9. The predicted octanol–water partition coefficient (Wildman–Crippen LogP) is 2.52. The first-order chi connectivity index (χ1) is 11.4. The molecule has 0 bridgehead atoms. The van der Waals surface area contributed by atoms with Crippen LogP contribution in [0.3, 0.4) is 0 Å². The second kappa shape index (κ2) is 8.07. The van der Waals surface area contributed by atoms with Crippen LogP contribution in [0.25, 0.3) is 6.08 Å². The number of hydrogen-bond donors (Lipinski definition) is 3. The van der Waals surface area contributed by atoms with Gasteiger partial charge in [-0.2, -0.15) is 0 Å². The van der Waals surface area contributed by atoms with Crippen molar-refractivity contribution in [1.82, 2.24) is 5.32 Å². The van der Waals surface area contributed by atoms with Crippen LogP contribution in [0, 0.1) is 6.92 Å². The van der Waals surface area contributed by atoms with Crippen LogP contribution < -0.4 is 10.6 Å². The molecule has 0 radical (unpaired) electrons. The first kappa shape index (κ1) is 17.4. The number of carbonyl (C=O) groups excluding carboxylic acids is 2. The molecule has 2 aromatic rings. The zero-order valence-electron chi connectivity index (χ0n) is 12.9. The van der Waals surface area contributed by atoms with Gasteiger partial charge in [-0.1, -0.05) is 0 Å². The van der Waals surface area contributed by atoms with Gasteiger partial charge < -0.3 is 15.7 Å². The Morgan fingerprint density at radius 2 is 1.83 bits per heavy atom. The van der Waals surface area contributed by atoms with Crippen LogP contribution in [0.4, 0.5) is 5.69 Å². The SMILES string of the molecule is Cc1ccc(/C=C/C(=O)Nc2ccc(C(=O)NCC(=O)O)cc2)s1. The lowest BCUT2D eigenvalue weighted by molar-refractivity contribution is -0.135. The van der Waals surface area contributed by atoms with Crippen molar-refractivity contribution in [3.05, 3.63) is 57.8 Å². The largest absolute Gasteiger partial charge is 0.480 e. The average Bonchev–Trinajstić information content (AvgIpc) is 2.97. The van der Waals surface area contributed by atoms with Crippen molar-refractivity contribution in [2.75, 3.05) is 11.9 Å². The van der Waals surface area contributed by atoms with Gasteiger partial charge in [0.15, 0.2) is 0 Å². The minimum Gasteiger partial charge on any atom is -0.480 e. The van der Waals surface area contributed by atoms with Gasteiger partial charge in [0.25, 0.3) is 5.91 Å². The maximum absolute atomic E-state index is 11.9. The number of aryl methyl sites for hydroxylation is 1. The summed E-state index contributed by atoms with van der Waals surface area (Å²) in [6, 6.07) is 10.1. The summed E-state index contributed by atoms with van der Waals surface area (Å²) >= 11 is 1.59. The zero-order valence-corrected chi connectivity index (χ0v) is 13.7. The van der Waals surface area contributed by atoms with Gasteiger partial charge in [0.2, 0.25) is 5.91 Å². The van der Waals surface area contributed by atoms with Crippen molar-refractivity contribution in [3.8, 4) is 0 Å². The topological polar surface area (TPSA) is 95.5 Å². The molecule has 24 heavy (non-hydrogen) atoms. The van der Waals surface area contributed by atoms with Gasteiger partial charge in [-0.25, -0.2) is 0 Å². The molecule has 0 saturated heterocycles. The number of amides is 2. The van der Waals surface area contributed by atoms with Gasteiger partial charge in [0.05, 0.1) is 0 Å². The molecule has 0 unspecified atom stereocenters. The van der Waals surface area contributed by atoms with Gasteiger partial charge in [-0.15, -0.1) is 11.3 Å². The molecule has 0 aliphatic heterocycles. The smallest absolute Gasteiger partial charge is 0.322 e. The summed E-state index contributed by atoms with van der Waals surface area (Å²) in [6.07, 6.45) is 3.18. The van der Waals surface area contributed by atoms with E-state index in [1.807, 2.05) is 19.1 Å². The molecular weight excluding hydrogens is 328 g/mol. The van der Waals surface area contributed by atoms with Crippen molar-refractivity contribution in [3.63, 3.8) is 0 Å². The highest BCUT2D eigenvalue weighted by Gasteiger charge is 2.07. The number of carboxylic acids is 1. The minimum absolute atomic E-state index is 0.274. The molecule has 6 nitrogen and oxygen atoms in total. The third kappa shape index (κ3) is 5.36. The first-order valence-corrected chi connectivity index (χ1v) is 7.91. The molecule has 7 heteroatoms. The van der Waals surface area contributed by atoms with E-state index in [1.165, 1.54) is 23.1 Å². The van der Waals surface area contributed by atoms with Crippen LogP contribution in [0.5, 0.6) is 0 Å². The Morgan fingerprint density at radius 3 is 2.42 bits per heavy atom. The summed E-state index contributed by atoms with van der Waals surface area (Å²) in [4.78, 5) is 36.1. The van der Waals surface area contributed by atoms with Crippen LogP contribution in [-0.2, 0) is 9.59 Å². The molecule has 0 fully saturated rings. The molecule has 2 amide bonds. The molecule has 0 saturated carbocycles. The maximum Gasteiger partial charge on any atom is 0.322 e. The minimum atomic E-state index is -1.11. The molecule has 0 aliphatic rings. The van der Waals surface area contributed by atoms with E-state index in [1.54, 1.807) is 29.5 Å². The van der Waals surface area contributed by atoms with Gasteiger partial charge in [-0.3, -0.25) is 14.4 Å². The summed E-state index contributed by atoms with van der Waals surface area (Å²) in [5, 5.41) is 13.5. The van der Waals surface area contributed by atoms with Crippen LogP contribution in [0.15, 0.2) is 42.5 Å². The van der Waals surface area contributed by atoms with E-state index in [9.17, 15) is 14.4 Å². The number of thiophene rings is 1. The fourth-order valence-corrected chi connectivity index (χ4v) is 2.63. The number of carbonyl (C=O) groups is 3. The molecule has 1 aromatic heterocycles. The van der Waals surface area contributed by atoms with Gasteiger partial charge in [0, 0.05) is 27.1 Å². The van der Waals surface area contributed by atoms with Gasteiger partial charge in [0.1, 0.15) is 6.54 Å². The number of anilines is 1.